The van der Waals surface area contributed by atoms with Gasteiger partial charge < -0.3 is 19.8 Å². The summed E-state index contributed by atoms with van der Waals surface area (Å²) >= 11 is 0. The highest BCUT2D eigenvalue weighted by molar-refractivity contribution is 5.98. The molecule has 28 heavy (non-hydrogen) atoms. The van der Waals surface area contributed by atoms with Crippen LogP contribution in [0.5, 0.6) is 0 Å². The third-order valence-electron chi connectivity index (χ3n) is 4.95. The molecule has 8 heteroatoms. The number of nitrogens with zero attached hydrogens (tertiary/aromatic N) is 1. The molecule has 2 heterocycles. The Hall–Kier alpha value is -2.48. The van der Waals surface area contributed by atoms with Crippen LogP contribution in [0.1, 0.15) is 12.8 Å². The van der Waals surface area contributed by atoms with Gasteiger partial charge >= 0.3 is 0 Å². The van der Waals surface area contributed by atoms with Gasteiger partial charge in [-0.15, -0.1) is 12.4 Å². The maximum atomic E-state index is 13.1. The molecule has 1 amide bonds. The normalized spacial score (nSPS) is 15.8. The second-order valence-electron chi connectivity index (χ2n) is 6.61. The van der Waals surface area contributed by atoms with E-state index in [1.807, 2.05) is 0 Å². The van der Waals surface area contributed by atoms with Gasteiger partial charge in [0.05, 0.1) is 0 Å². The van der Waals surface area contributed by atoms with Gasteiger partial charge in [-0.1, -0.05) is 0 Å². The van der Waals surface area contributed by atoms with Crippen LogP contribution in [0.2, 0.25) is 0 Å². The molecule has 1 aromatic heterocycles. The molecule has 0 aliphatic carbocycles. The highest BCUT2D eigenvalue weighted by atomic mass is 35.5. The number of hydrogen-bond acceptors (Lipinski definition) is 5. The average molecular weight is 406 g/mol. The zero-order valence-corrected chi connectivity index (χ0v) is 16.1. The van der Waals surface area contributed by atoms with Crippen LogP contribution in [0.3, 0.4) is 0 Å². The molecule has 0 atom stereocenters. The molecule has 0 unspecified atom stereocenters. The minimum Gasteiger partial charge on any atom is -0.436 e. The quantitative estimate of drug-likeness (QED) is 0.691. The van der Waals surface area contributed by atoms with E-state index < -0.39 is 5.60 Å². The van der Waals surface area contributed by atoms with E-state index >= 15 is 0 Å². The Morgan fingerprint density at radius 1 is 1.21 bits per heavy atom. The van der Waals surface area contributed by atoms with E-state index in [4.69, 9.17) is 9.15 Å². The SMILES string of the molecule is COC1(C(=O)Nc2ccc3nc(-c4ccc(F)cc4)oc3c2)CCNCC1.Cl. The first-order chi connectivity index (χ1) is 13.1. The zero-order chi connectivity index (χ0) is 18.9. The number of amides is 1. The van der Waals surface area contributed by atoms with Gasteiger partial charge in [0.2, 0.25) is 5.89 Å². The fourth-order valence-corrected chi connectivity index (χ4v) is 3.32. The number of rotatable bonds is 4. The first-order valence-corrected chi connectivity index (χ1v) is 8.83. The number of piperidine rings is 1. The summed E-state index contributed by atoms with van der Waals surface area (Å²) in [6.07, 6.45) is 1.24. The largest absolute Gasteiger partial charge is 0.436 e. The summed E-state index contributed by atoms with van der Waals surface area (Å²) in [4.78, 5) is 17.2. The highest BCUT2D eigenvalue weighted by Crippen LogP contribution is 2.28. The third-order valence-corrected chi connectivity index (χ3v) is 4.95. The minimum absolute atomic E-state index is 0. The predicted molar refractivity (Wildman–Crippen MR) is 107 cm³/mol. The van der Waals surface area contributed by atoms with Gasteiger partial charge in [0.1, 0.15) is 16.9 Å². The lowest BCUT2D eigenvalue weighted by Gasteiger charge is -2.34. The van der Waals surface area contributed by atoms with Crippen molar-refractivity contribution in [1.29, 1.82) is 0 Å². The molecule has 4 rings (SSSR count). The Balaban J connectivity index is 0.00000225. The van der Waals surface area contributed by atoms with Gasteiger partial charge in [0.25, 0.3) is 5.91 Å². The predicted octanol–water partition coefficient (Wildman–Crippen LogP) is 3.76. The second kappa shape index (κ2) is 8.26. The number of methoxy groups -OCH3 is 1. The van der Waals surface area contributed by atoms with Crippen LogP contribution < -0.4 is 10.6 Å². The maximum absolute atomic E-state index is 13.1. The van der Waals surface area contributed by atoms with Gasteiger partial charge in [0, 0.05) is 24.4 Å². The van der Waals surface area contributed by atoms with Crippen LogP contribution in [-0.2, 0) is 9.53 Å². The van der Waals surface area contributed by atoms with Crippen LogP contribution in [-0.4, -0.2) is 36.7 Å². The topological polar surface area (TPSA) is 76.4 Å². The summed E-state index contributed by atoms with van der Waals surface area (Å²) in [6, 6.07) is 11.2. The summed E-state index contributed by atoms with van der Waals surface area (Å²) in [5.41, 5.74) is 1.69. The molecule has 0 bridgehead atoms. The number of benzene rings is 2. The second-order valence-corrected chi connectivity index (χ2v) is 6.61. The number of nitrogens with one attached hydrogen (secondary N) is 2. The average Bonchev–Trinajstić information content (AvgIpc) is 3.12. The van der Waals surface area contributed by atoms with Gasteiger partial charge in [-0.2, -0.15) is 0 Å². The van der Waals surface area contributed by atoms with Crippen LogP contribution >= 0.6 is 12.4 Å². The number of oxazole rings is 1. The number of hydrogen-bond donors (Lipinski definition) is 2. The number of fused-ring (bicyclic) bond motifs is 1. The Bertz CT molecular complexity index is 968. The van der Waals surface area contributed by atoms with E-state index in [9.17, 15) is 9.18 Å². The molecule has 0 spiro atoms. The summed E-state index contributed by atoms with van der Waals surface area (Å²) in [6.45, 7) is 1.48. The van der Waals surface area contributed by atoms with Crippen LogP contribution in [0.4, 0.5) is 10.1 Å². The number of carbonyl (C=O) groups is 1. The number of anilines is 1. The number of aromatic nitrogens is 1. The van der Waals surface area contributed by atoms with Crippen LogP contribution in [0.15, 0.2) is 46.9 Å². The number of halogens is 2. The van der Waals surface area contributed by atoms with Crippen molar-refractivity contribution in [2.24, 2.45) is 0 Å². The van der Waals surface area contributed by atoms with Gasteiger partial charge in [0.15, 0.2) is 5.58 Å². The van der Waals surface area contributed by atoms with E-state index in [1.54, 1.807) is 37.4 Å². The van der Waals surface area contributed by atoms with Gasteiger partial charge in [-0.25, -0.2) is 9.37 Å². The molecule has 6 nitrogen and oxygen atoms in total. The Morgan fingerprint density at radius 3 is 2.61 bits per heavy atom. The fraction of sp³-hybridized carbons (Fsp3) is 0.300. The van der Waals surface area contributed by atoms with Gasteiger partial charge in [-0.05, 0) is 62.3 Å². The van der Waals surface area contributed by atoms with Crippen LogP contribution in [0, 0.1) is 5.82 Å². The van der Waals surface area contributed by atoms with E-state index in [0.29, 0.717) is 41.1 Å². The Morgan fingerprint density at radius 2 is 1.93 bits per heavy atom. The summed E-state index contributed by atoms with van der Waals surface area (Å²) in [5.74, 6) is -0.0749. The molecule has 1 fully saturated rings. The van der Waals surface area contributed by atoms with Crippen molar-refractivity contribution in [3.05, 3.63) is 48.3 Å². The number of carbonyl (C=O) groups excluding carboxylic acids is 1. The van der Waals surface area contributed by atoms with Crippen molar-refractivity contribution in [1.82, 2.24) is 10.3 Å². The summed E-state index contributed by atoms with van der Waals surface area (Å²) in [5, 5.41) is 6.15. The monoisotopic (exact) mass is 405 g/mol. The molecule has 1 saturated heterocycles. The highest BCUT2D eigenvalue weighted by Gasteiger charge is 2.39. The summed E-state index contributed by atoms with van der Waals surface area (Å²) in [7, 11) is 1.57. The smallest absolute Gasteiger partial charge is 0.256 e. The van der Waals surface area contributed by atoms with E-state index in [2.05, 4.69) is 15.6 Å². The molecule has 148 valence electrons. The zero-order valence-electron chi connectivity index (χ0n) is 15.3. The molecule has 2 N–H and O–H groups in total. The molecule has 0 radical (unpaired) electrons. The van der Waals surface area contributed by atoms with E-state index in [1.165, 1.54) is 12.1 Å². The molecular formula is C20H21ClFN3O3. The Kier molecular flexibility index (Phi) is 5.98. The van der Waals surface area contributed by atoms with Crippen molar-refractivity contribution in [2.45, 2.75) is 18.4 Å². The van der Waals surface area contributed by atoms with Crippen molar-refractivity contribution >= 4 is 35.1 Å². The lowest BCUT2D eigenvalue weighted by molar-refractivity contribution is -0.140. The standard InChI is InChI=1S/C20H20FN3O3.ClH/c1-26-20(8-10-22-11-9-20)19(25)23-15-6-7-16-17(12-15)27-18(24-16)13-2-4-14(21)5-3-13;/h2-7,12,22H,8-11H2,1H3,(H,23,25);1H. The molecule has 3 aromatic rings. The first-order valence-electron chi connectivity index (χ1n) is 8.83. The molecular weight excluding hydrogens is 385 g/mol. The molecule has 2 aromatic carbocycles. The summed E-state index contributed by atoms with van der Waals surface area (Å²) < 4.78 is 24.4. The third kappa shape index (κ3) is 3.87. The molecule has 0 saturated carbocycles. The van der Waals surface area contributed by atoms with Crippen molar-refractivity contribution in [3.63, 3.8) is 0 Å². The minimum atomic E-state index is -0.819. The maximum Gasteiger partial charge on any atom is 0.256 e. The van der Waals surface area contributed by atoms with E-state index in [-0.39, 0.29) is 24.1 Å². The van der Waals surface area contributed by atoms with Crippen molar-refractivity contribution in [2.75, 3.05) is 25.5 Å². The lowest BCUT2D eigenvalue weighted by atomic mass is 9.91. The molecule has 1 aliphatic rings. The fourth-order valence-electron chi connectivity index (χ4n) is 3.32. The lowest BCUT2D eigenvalue weighted by Crippen LogP contribution is -2.51. The van der Waals surface area contributed by atoms with Gasteiger partial charge in [-0.3, -0.25) is 4.79 Å². The Labute approximate surface area is 167 Å². The number of ether oxygens (including phenoxy) is 1. The van der Waals surface area contributed by atoms with Crippen molar-refractivity contribution < 1.29 is 18.3 Å². The first kappa shape index (κ1) is 20.3. The van der Waals surface area contributed by atoms with Crippen molar-refractivity contribution in [3.8, 4) is 11.5 Å². The molecule has 1 aliphatic heterocycles. The van der Waals surface area contributed by atoms with E-state index in [0.717, 1.165) is 13.1 Å². The van der Waals surface area contributed by atoms with Crippen LogP contribution in [0.25, 0.3) is 22.6 Å².